The van der Waals surface area contributed by atoms with Gasteiger partial charge in [0.05, 0.1) is 19.2 Å². The number of hydrogen-bond acceptors (Lipinski definition) is 5. The summed E-state index contributed by atoms with van der Waals surface area (Å²) in [6.07, 6.45) is 0.905. The smallest absolute Gasteiger partial charge is 0.409 e. The second-order valence-corrected chi connectivity index (χ2v) is 8.85. The van der Waals surface area contributed by atoms with Crippen molar-refractivity contribution in [1.29, 1.82) is 0 Å². The summed E-state index contributed by atoms with van der Waals surface area (Å²) >= 11 is 1.32. The van der Waals surface area contributed by atoms with Crippen molar-refractivity contribution in [3.63, 3.8) is 0 Å². The fraction of sp³-hybridized carbons (Fsp3) is 0.240. The third-order valence-corrected chi connectivity index (χ3v) is 6.77. The molecule has 0 radical (unpaired) electrons. The van der Waals surface area contributed by atoms with Crippen molar-refractivity contribution in [3.05, 3.63) is 87.3 Å². The first-order chi connectivity index (χ1) is 16.0. The Kier molecular flexibility index (Phi) is 6.74. The zero-order chi connectivity index (χ0) is 23.4. The number of hydrogen-bond donors (Lipinski definition) is 2. The zero-order valence-electron chi connectivity index (χ0n) is 18.5. The lowest BCUT2D eigenvalue weighted by molar-refractivity contribution is 0.0962. The summed E-state index contributed by atoms with van der Waals surface area (Å²) in [5.41, 5.74) is 4.16. The minimum absolute atomic E-state index is 0.257. The summed E-state index contributed by atoms with van der Waals surface area (Å²) in [5, 5.41) is 6.06. The van der Waals surface area contributed by atoms with E-state index in [2.05, 4.69) is 22.8 Å². The molecular formula is C25H25N3O4S. The van der Waals surface area contributed by atoms with Crippen LogP contribution in [0.3, 0.4) is 0 Å². The molecule has 0 aliphatic carbocycles. The molecular weight excluding hydrogens is 438 g/mol. The van der Waals surface area contributed by atoms with Crippen LogP contribution in [0, 0.1) is 0 Å². The van der Waals surface area contributed by atoms with Gasteiger partial charge in [0.25, 0.3) is 11.8 Å². The number of nitrogens with zero attached hydrogens (tertiary/aromatic N) is 1. The maximum absolute atomic E-state index is 13.0. The molecule has 0 spiro atoms. The van der Waals surface area contributed by atoms with E-state index in [1.807, 2.05) is 30.3 Å². The van der Waals surface area contributed by atoms with Gasteiger partial charge in [-0.05, 0) is 41.7 Å². The van der Waals surface area contributed by atoms with Crippen LogP contribution in [-0.4, -0.2) is 43.5 Å². The first kappa shape index (κ1) is 22.5. The van der Waals surface area contributed by atoms with Crippen molar-refractivity contribution < 1.29 is 19.1 Å². The van der Waals surface area contributed by atoms with E-state index in [0.717, 1.165) is 22.4 Å². The Morgan fingerprint density at radius 3 is 2.36 bits per heavy atom. The van der Waals surface area contributed by atoms with Crippen LogP contribution in [-0.2, 0) is 24.1 Å². The summed E-state index contributed by atoms with van der Waals surface area (Å²) in [6.45, 7) is 0.803. The number of fused-ring (bicyclic) bond motifs is 1. The van der Waals surface area contributed by atoms with E-state index in [9.17, 15) is 14.4 Å². The van der Waals surface area contributed by atoms with Gasteiger partial charge in [-0.2, -0.15) is 0 Å². The number of carbonyl (C=O) groups is 3. The van der Waals surface area contributed by atoms with Crippen LogP contribution in [0.2, 0.25) is 0 Å². The van der Waals surface area contributed by atoms with E-state index in [-0.39, 0.29) is 11.8 Å². The molecule has 4 rings (SSSR count). The molecule has 33 heavy (non-hydrogen) atoms. The van der Waals surface area contributed by atoms with Crippen molar-refractivity contribution in [3.8, 4) is 0 Å². The molecule has 1 aliphatic heterocycles. The number of carbonyl (C=O) groups excluding carboxylic acids is 3. The van der Waals surface area contributed by atoms with Crippen LogP contribution in [0.25, 0.3) is 0 Å². The number of thiophene rings is 1. The largest absolute Gasteiger partial charge is 0.453 e. The highest BCUT2D eigenvalue weighted by molar-refractivity contribution is 7.17. The third kappa shape index (κ3) is 4.90. The van der Waals surface area contributed by atoms with Crippen LogP contribution in [0.1, 0.15) is 42.3 Å². The number of nitrogens with one attached hydrogen (secondary N) is 2. The van der Waals surface area contributed by atoms with Crippen LogP contribution in [0.15, 0.2) is 54.6 Å². The Bertz CT molecular complexity index is 1170. The van der Waals surface area contributed by atoms with E-state index in [1.54, 1.807) is 24.1 Å². The number of anilines is 1. The monoisotopic (exact) mass is 463 g/mol. The molecule has 3 aromatic rings. The SMILES string of the molecule is CNC(=O)c1c(NC(=O)c2ccc(Cc3ccccc3)cc2)sc2c1CCN(C(=O)OC)C2. The zero-order valence-corrected chi connectivity index (χ0v) is 19.3. The molecule has 0 unspecified atom stereocenters. The number of benzene rings is 2. The van der Waals surface area contributed by atoms with Crippen molar-refractivity contribution in [2.24, 2.45) is 0 Å². The normalized spacial score (nSPS) is 12.6. The lowest BCUT2D eigenvalue weighted by Crippen LogP contribution is -2.35. The van der Waals surface area contributed by atoms with Crippen LogP contribution in [0.5, 0.6) is 0 Å². The number of rotatable bonds is 5. The maximum Gasteiger partial charge on any atom is 0.409 e. The molecule has 3 amide bonds. The van der Waals surface area contributed by atoms with E-state index in [1.165, 1.54) is 24.0 Å². The maximum atomic E-state index is 13.0. The number of ether oxygens (including phenoxy) is 1. The summed E-state index contributed by atoms with van der Waals surface area (Å²) in [7, 11) is 2.91. The van der Waals surface area contributed by atoms with Crippen molar-refractivity contribution in [2.75, 3.05) is 26.0 Å². The quantitative estimate of drug-likeness (QED) is 0.597. The number of methoxy groups -OCH3 is 1. The van der Waals surface area contributed by atoms with Gasteiger partial charge in [-0.1, -0.05) is 42.5 Å². The topological polar surface area (TPSA) is 87.7 Å². The van der Waals surface area contributed by atoms with Crippen LogP contribution < -0.4 is 10.6 Å². The van der Waals surface area contributed by atoms with Gasteiger partial charge in [-0.25, -0.2) is 4.79 Å². The standard InChI is InChI=1S/C25H25N3O4S/c1-26-23(30)21-19-12-13-28(25(31)32-2)15-20(19)33-24(21)27-22(29)18-10-8-17(9-11-18)14-16-6-4-3-5-7-16/h3-11H,12-15H2,1-2H3,(H,26,30)(H,27,29). The molecule has 2 heterocycles. The van der Waals surface area contributed by atoms with Gasteiger partial charge in [0.1, 0.15) is 5.00 Å². The average molecular weight is 464 g/mol. The average Bonchev–Trinajstić information content (AvgIpc) is 3.21. The van der Waals surface area contributed by atoms with Gasteiger partial charge in [-0.3, -0.25) is 9.59 Å². The van der Waals surface area contributed by atoms with Gasteiger partial charge >= 0.3 is 6.09 Å². The second kappa shape index (κ2) is 9.87. The minimum Gasteiger partial charge on any atom is -0.453 e. The molecule has 0 saturated carbocycles. The van der Waals surface area contributed by atoms with E-state index in [4.69, 9.17) is 4.74 Å². The van der Waals surface area contributed by atoms with Crippen molar-refractivity contribution >= 4 is 34.2 Å². The molecule has 0 atom stereocenters. The molecule has 7 nitrogen and oxygen atoms in total. The highest BCUT2D eigenvalue weighted by atomic mass is 32.1. The lowest BCUT2D eigenvalue weighted by atomic mass is 10.0. The van der Waals surface area contributed by atoms with Gasteiger partial charge in [0, 0.05) is 24.0 Å². The fourth-order valence-corrected chi connectivity index (χ4v) is 5.18. The molecule has 0 saturated heterocycles. The summed E-state index contributed by atoms with van der Waals surface area (Å²) in [6, 6.07) is 17.6. The highest BCUT2D eigenvalue weighted by Gasteiger charge is 2.30. The predicted molar refractivity (Wildman–Crippen MR) is 128 cm³/mol. The Morgan fingerprint density at radius 2 is 1.70 bits per heavy atom. The lowest BCUT2D eigenvalue weighted by Gasteiger charge is -2.25. The number of amides is 3. The molecule has 1 aromatic heterocycles. The predicted octanol–water partition coefficient (Wildman–Crippen LogP) is 4.08. The van der Waals surface area contributed by atoms with Gasteiger partial charge in [0.15, 0.2) is 0 Å². The van der Waals surface area contributed by atoms with Crippen LogP contribution in [0.4, 0.5) is 9.80 Å². The molecule has 8 heteroatoms. The first-order valence-electron chi connectivity index (χ1n) is 10.6. The van der Waals surface area contributed by atoms with Gasteiger partial charge < -0.3 is 20.3 Å². The van der Waals surface area contributed by atoms with Crippen molar-refractivity contribution in [2.45, 2.75) is 19.4 Å². The molecule has 1 aliphatic rings. The van der Waals surface area contributed by atoms with Crippen LogP contribution >= 0.6 is 11.3 Å². The second-order valence-electron chi connectivity index (χ2n) is 7.74. The molecule has 0 bridgehead atoms. The van der Waals surface area contributed by atoms with E-state index in [0.29, 0.717) is 35.6 Å². The molecule has 0 fully saturated rings. The molecule has 2 aromatic carbocycles. The summed E-state index contributed by atoms with van der Waals surface area (Å²) in [5.74, 6) is -0.539. The Balaban J connectivity index is 1.53. The summed E-state index contributed by atoms with van der Waals surface area (Å²) in [4.78, 5) is 40.0. The van der Waals surface area contributed by atoms with E-state index >= 15 is 0 Å². The Labute approximate surface area is 196 Å². The Morgan fingerprint density at radius 1 is 1.00 bits per heavy atom. The third-order valence-electron chi connectivity index (χ3n) is 5.64. The van der Waals surface area contributed by atoms with Gasteiger partial charge in [-0.15, -0.1) is 11.3 Å². The highest BCUT2D eigenvalue weighted by Crippen LogP contribution is 2.37. The Hall–Kier alpha value is -3.65. The minimum atomic E-state index is -0.406. The van der Waals surface area contributed by atoms with Crippen molar-refractivity contribution in [1.82, 2.24) is 10.2 Å². The molecule has 2 N–H and O–H groups in total. The van der Waals surface area contributed by atoms with E-state index < -0.39 is 6.09 Å². The molecule has 170 valence electrons. The summed E-state index contributed by atoms with van der Waals surface area (Å²) < 4.78 is 4.82. The fourth-order valence-electron chi connectivity index (χ4n) is 3.92. The van der Waals surface area contributed by atoms with Gasteiger partial charge in [0.2, 0.25) is 0 Å². The first-order valence-corrected chi connectivity index (χ1v) is 11.5.